The predicted octanol–water partition coefficient (Wildman–Crippen LogP) is 4.38. The molecular formula is C18H26N2O. The summed E-state index contributed by atoms with van der Waals surface area (Å²) in [6.45, 7) is 7.14. The highest BCUT2D eigenvalue weighted by molar-refractivity contribution is 5.33. The molecule has 0 bridgehead atoms. The van der Waals surface area contributed by atoms with Gasteiger partial charge < -0.3 is 4.74 Å². The number of rotatable bonds is 8. The van der Waals surface area contributed by atoms with Gasteiger partial charge in [-0.15, -0.1) is 0 Å². The van der Waals surface area contributed by atoms with Crippen molar-refractivity contribution in [3.05, 3.63) is 46.8 Å². The fraction of sp³-hybridized carbons (Fsp3) is 0.500. The summed E-state index contributed by atoms with van der Waals surface area (Å²) in [7, 11) is 0. The van der Waals surface area contributed by atoms with E-state index in [0.29, 0.717) is 0 Å². The molecule has 0 atom stereocenters. The fourth-order valence-corrected chi connectivity index (χ4v) is 2.64. The number of aromatic nitrogens is 2. The van der Waals surface area contributed by atoms with E-state index in [4.69, 9.17) is 4.74 Å². The monoisotopic (exact) mass is 286 g/mol. The number of aromatic amines is 1. The van der Waals surface area contributed by atoms with E-state index >= 15 is 0 Å². The Morgan fingerprint density at radius 3 is 2.62 bits per heavy atom. The maximum Gasteiger partial charge on any atom is 0.122 e. The van der Waals surface area contributed by atoms with Crippen LogP contribution in [0.25, 0.3) is 0 Å². The van der Waals surface area contributed by atoms with Crippen LogP contribution < -0.4 is 4.74 Å². The third kappa shape index (κ3) is 4.35. The molecule has 0 aliphatic rings. The van der Waals surface area contributed by atoms with Crippen molar-refractivity contribution in [2.75, 3.05) is 6.61 Å². The number of aryl methyl sites for hydroxylation is 3. The van der Waals surface area contributed by atoms with Crippen molar-refractivity contribution in [3.63, 3.8) is 0 Å². The van der Waals surface area contributed by atoms with Crippen molar-refractivity contribution in [2.45, 2.75) is 52.9 Å². The van der Waals surface area contributed by atoms with Gasteiger partial charge in [-0.2, -0.15) is 5.10 Å². The predicted molar refractivity (Wildman–Crippen MR) is 86.9 cm³/mol. The molecule has 0 aliphatic heterocycles. The van der Waals surface area contributed by atoms with E-state index in [1.807, 2.05) is 6.07 Å². The molecule has 1 aromatic carbocycles. The Labute approximate surface area is 127 Å². The lowest BCUT2D eigenvalue weighted by molar-refractivity contribution is 0.302. The van der Waals surface area contributed by atoms with Crippen LogP contribution in [0.15, 0.2) is 24.3 Å². The normalized spacial score (nSPS) is 10.8. The van der Waals surface area contributed by atoms with Gasteiger partial charge in [0.15, 0.2) is 0 Å². The summed E-state index contributed by atoms with van der Waals surface area (Å²) < 4.78 is 5.89. The molecule has 3 heteroatoms. The quantitative estimate of drug-likeness (QED) is 0.731. The molecule has 21 heavy (non-hydrogen) atoms. The van der Waals surface area contributed by atoms with Gasteiger partial charge in [0, 0.05) is 5.69 Å². The van der Waals surface area contributed by atoms with Crippen LogP contribution in [-0.2, 0) is 12.8 Å². The lowest BCUT2D eigenvalue weighted by Crippen LogP contribution is -2.00. The largest absolute Gasteiger partial charge is 0.493 e. The van der Waals surface area contributed by atoms with Crippen LogP contribution in [-0.4, -0.2) is 16.8 Å². The van der Waals surface area contributed by atoms with Gasteiger partial charge in [0.05, 0.1) is 12.3 Å². The van der Waals surface area contributed by atoms with E-state index in [2.05, 4.69) is 49.2 Å². The Morgan fingerprint density at radius 1 is 1.10 bits per heavy atom. The Morgan fingerprint density at radius 2 is 1.90 bits per heavy atom. The van der Waals surface area contributed by atoms with E-state index in [-0.39, 0.29) is 0 Å². The summed E-state index contributed by atoms with van der Waals surface area (Å²) in [6.07, 6.45) is 5.63. The van der Waals surface area contributed by atoms with Crippen molar-refractivity contribution >= 4 is 0 Å². The molecule has 2 aromatic rings. The Balaban J connectivity index is 1.66. The maximum atomic E-state index is 5.89. The number of para-hydroxylation sites is 1. The van der Waals surface area contributed by atoms with E-state index in [1.54, 1.807) is 0 Å². The number of H-pyrrole nitrogens is 1. The minimum Gasteiger partial charge on any atom is -0.493 e. The molecule has 3 nitrogen and oxygen atoms in total. The average Bonchev–Trinajstić information content (AvgIpc) is 2.82. The molecule has 0 radical (unpaired) electrons. The van der Waals surface area contributed by atoms with E-state index < -0.39 is 0 Å². The molecule has 0 saturated carbocycles. The molecule has 1 N–H and O–H groups in total. The van der Waals surface area contributed by atoms with Crippen LogP contribution in [0, 0.1) is 13.8 Å². The summed E-state index contributed by atoms with van der Waals surface area (Å²) in [5, 5.41) is 7.29. The maximum absolute atomic E-state index is 5.89. The average molecular weight is 286 g/mol. The molecule has 114 valence electrons. The number of hydrogen-bond donors (Lipinski definition) is 1. The second-order valence-electron chi connectivity index (χ2n) is 5.53. The molecular weight excluding hydrogens is 260 g/mol. The van der Waals surface area contributed by atoms with E-state index in [9.17, 15) is 0 Å². The molecule has 2 rings (SSSR count). The lowest BCUT2D eigenvalue weighted by atomic mass is 10.1. The second kappa shape index (κ2) is 7.87. The second-order valence-corrected chi connectivity index (χ2v) is 5.53. The van der Waals surface area contributed by atoms with Gasteiger partial charge >= 0.3 is 0 Å². The van der Waals surface area contributed by atoms with Gasteiger partial charge in [-0.25, -0.2) is 0 Å². The van der Waals surface area contributed by atoms with Crippen LogP contribution in [0.1, 0.15) is 48.7 Å². The molecule has 0 spiro atoms. The minimum atomic E-state index is 0.806. The third-order valence-electron chi connectivity index (χ3n) is 3.96. The van der Waals surface area contributed by atoms with E-state index in [0.717, 1.165) is 37.3 Å². The van der Waals surface area contributed by atoms with Gasteiger partial charge in [0.25, 0.3) is 0 Å². The lowest BCUT2D eigenvalue weighted by Gasteiger charge is -2.10. The highest BCUT2D eigenvalue weighted by Gasteiger charge is 2.05. The SMILES string of the molecule is CCc1ccccc1OCCCCCc1c(C)n[nH]c1C. The Bertz CT molecular complexity index is 541. The van der Waals surface area contributed by atoms with Crippen LogP contribution in [0.2, 0.25) is 0 Å². The fourth-order valence-electron chi connectivity index (χ4n) is 2.64. The molecule has 1 aromatic heterocycles. The summed E-state index contributed by atoms with van der Waals surface area (Å²) in [5.74, 6) is 1.04. The van der Waals surface area contributed by atoms with Gasteiger partial charge in [0.1, 0.15) is 5.75 Å². The number of ether oxygens (including phenoxy) is 1. The first-order valence-corrected chi connectivity index (χ1v) is 7.93. The number of benzene rings is 1. The Kier molecular flexibility index (Phi) is 5.85. The number of nitrogens with zero attached hydrogens (tertiary/aromatic N) is 1. The Hall–Kier alpha value is -1.77. The van der Waals surface area contributed by atoms with Crippen molar-refractivity contribution in [3.8, 4) is 5.75 Å². The van der Waals surface area contributed by atoms with Crippen LogP contribution in [0.5, 0.6) is 5.75 Å². The molecule has 0 aliphatic carbocycles. The zero-order chi connectivity index (χ0) is 15.1. The summed E-state index contributed by atoms with van der Waals surface area (Å²) in [5.41, 5.74) is 5.02. The first-order chi connectivity index (χ1) is 10.2. The molecule has 0 amide bonds. The van der Waals surface area contributed by atoms with E-state index in [1.165, 1.54) is 29.7 Å². The minimum absolute atomic E-state index is 0.806. The molecule has 1 heterocycles. The third-order valence-corrected chi connectivity index (χ3v) is 3.96. The highest BCUT2D eigenvalue weighted by Crippen LogP contribution is 2.19. The van der Waals surface area contributed by atoms with Gasteiger partial charge in [0.2, 0.25) is 0 Å². The van der Waals surface area contributed by atoms with Crippen molar-refractivity contribution in [1.82, 2.24) is 10.2 Å². The number of unbranched alkanes of at least 4 members (excludes halogenated alkanes) is 2. The van der Waals surface area contributed by atoms with Crippen LogP contribution in [0.4, 0.5) is 0 Å². The topological polar surface area (TPSA) is 37.9 Å². The number of hydrogen-bond acceptors (Lipinski definition) is 2. The highest BCUT2D eigenvalue weighted by atomic mass is 16.5. The first kappa shape index (κ1) is 15.6. The standard InChI is InChI=1S/C18H26N2O/c1-4-16-10-7-8-12-18(16)21-13-9-5-6-11-17-14(2)19-20-15(17)3/h7-8,10,12H,4-6,9,11,13H2,1-3H3,(H,19,20). The molecule has 0 saturated heterocycles. The van der Waals surface area contributed by atoms with Crippen molar-refractivity contribution in [1.29, 1.82) is 0 Å². The zero-order valence-electron chi connectivity index (χ0n) is 13.4. The van der Waals surface area contributed by atoms with Crippen molar-refractivity contribution in [2.24, 2.45) is 0 Å². The van der Waals surface area contributed by atoms with Crippen LogP contribution >= 0.6 is 0 Å². The smallest absolute Gasteiger partial charge is 0.122 e. The number of nitrogens with one attached hydrogen (secondary N) is 1. The van der Waals surface area contributed by atoms with Crippen molar-refractivity contribution < 1.29 is 4.74 Å². The summed E-state index contributed by atoms with van der Waals surface area (Å²) >= 11 is 0. The summed E-state index contributed by atoms with van der Waals surface area (Å²) in [6, 6.07) is 8.32. The van der Waals surface area contributed by atoms with Gasteiger partial charge in [-0.1, -0.05) is 25.1 Å². The summed E-state index contributed by atoms with van der Waals surface area (Å²) in [4.78, 5) is 0. The van der Waals surface area contributed by atoms with Gasteiger partial charge in [-0.05, 0) is 63.1 Å². The first-order valence-electron chi connectivity index (χ1n) is 7.93. The zero-order valence-corrected chi connectivity index (χ0v) is 13.4. The van der Waals surface area contributed by atoms with Crippen LogP contribution in [0.3, 0.4) is 0 Å². The molecule has 0 fully saturated rings. The van der Waals surface area contributed by atoms with Gasteiger partial charge in [-0.3, -0.25) is 5.10 Å². The molecule has 0 unspecified atom stereocenters.